The van der Waals surface area contributed by atoms with Crippen molar-refractivity contribution in [3.05, 3.63) is 24.3 Å². The molecule has 1 fully saturated rings. The Labute approximate surface area is 127 Å². The topological polar surface area (TPSA) is 84.9 Å². The van der Waals surface area contributed by atoms with Gasteiger partial charge in [0, 0.05) is 42.9 Å². The molecular formula is C13H19N7S. The molecule has 3 heterocycles. The molecule has 0 spiro atoms. The van der Waals surface area contributed by atoms with Crippen LogP contribution in [-0.2, 0) is 7.05 Å². The summed E-state index contributed by atoms with van der Waals surface area (Å²) in [5, 5.41) is 4.20. The van der Waals surface area contributed by atoms with Gasteiger partial charge in [-0.15, -0.1) is 0 Å². The number of nitrogens with zero attached hydrogens (tertiary/aromatic N) is 5. The third-order valence-corrected chi connectivity index (χ3v) is 4.61. The van der Waals surface area contributed by atoms with Crippen molar-refractivity contribution in [2.24, 2.45) is 12.9 Å². The molecule has 7 nitrogen and oxygen atoms in total. The highest BCUT2D eigenvalue weighted by atomic mass is 32.2. The Morgan fingerprint density at radius 1 is 1.38 bits per heavy atom. The molecule has 3 N–H and O–H groups in total. The minimum atomic E-state index is 0.215. The van der Waals surface area contributed by atoms with Crippen molar-refractivity contribution in [1.82, 2.24) is 24.6 Å². The first-order valence-electron chi connectivity index (χ1n) is 6.80. The Balaban J connectivity index is 2.00. The van der Waals surface area contributed by atoms with Crippen LogP contribution in [0.15, 0.2) is 18.5 Å². The number of hydrogen-bond donors (Lipinski definition) is 2. The molecule has 2 aromatic rings. The second-order valence-corrected chi connectivity index (χ2v) is 6.26. The maximum atomic E-state index is 5.56. The summed E-state index contributed by atoms with van der Waals surface area (Å²) in [6, 6.07) is 2.06. The van der Waals surface area contributed by atoms with Crippen molar-refractivity contribution in [3.8, 4) is 11.3 Å². The van der Waals surface area contributed by atoms with Crippen molar-refractivity contribution < 1.29 is 0 Å². The van der Waals surface area contributed by atoms with Gasteiger partial charge in [-0.2, -0.15) is 16.9 Å². The SMILES string of the molecule is CN1CCSCC1c1nc(NN)cc(-c2cnn(C)c2)n1. The number of hydrogen-bond acceptors (Lipinski definition) is 7. The molecule has 2 aromatic heterocycles. The van der Waals surface area contributed by atoms with E-state index in [1.807, 2.05) is 31.1 Å². The molecule has 0 aliphatic carbocycles. The van der Waals surface area contributed by atoms with Gasteiger partial charge < -0.3 is 5.43 Å². The van der Waals surface area contributed by atoms with E-state index in [0.717, 1.165) is 35.1 Å². The Bertz CT molecular complexity index is 627. The highest BCUT2D eigenvalue weighted by Crippen LogP contribution is 2.28. The number of nitrogens with two attached hydrogens (primary N) is 1. The molecule has 1 unspecified atom stereocenters. The largest absolute Gasteiger partial charge is 0.308 e. The molecule has 0 bridgehead atoms. The zero-order chi connectivity index (χ0) is 14.8. The van der Waals surface area contributed by atoms with Gasteiger partial charge in [0.15, 0.2) is 0 Å². The van der Waals surface area contributed by atoms with E-state index >= 15 is 0 Å². The summed E-state index contributed by atoms with van der Waals surface area (Å²) >= 11 is 1.93. The van der Waals surface area contributed by atoms with Crippen LogP contribution in [0.2, 0.25) is 0 Å². The van der Waals surface area contributed by atoms with Gasteiger partial charge >= 0.3 is 0 Å². The van der Waals surface area contributed by atoms with Gasteiger partial charge in [0.2, 0.25) is 0 Å². The summed E-state index contributed by atoms with van der Waals surface area (Å²) in [6.07, 6.45) is 3.73. The Hall–Kier alpha value is -1.64. The van der Waals surface area contributed by atoms with Crippen LogP contribution >= 0.6 is 11.8 Å². The maximum Gasteiger partial charge on any atom is 0.149 e. The highest BCUT2D eigenvalue weighted by molar-refractivity contribution is 7.99. The molecule has 1 aliphatic rings. The smallest absolute Gasteiger partial charge is 0.149 e. The first-order chi connectivity index (χ1) is 10.2. The van der Waals surface area contributed by atoms with E-state index in [2.05, 4.69) is 27.5 Å². The zero-order valence-electron chi connectivity index (χ0n) is 12.2. The molecule has 0 aromatic carbocycles. The fraction of sp³-hybridized carbons (Fsp3) is 0.462. The van der Waals surface area contributed by atoms with Crippen LogP contribution in [0.1, 0.15) is 11.9 Å². The second kappa shape index (κ2) is 6.00. The lowest BCUT2D eigenvalue weighted by molar-refractivity contribution is 0.265. The van der Waals surface area contributed by atoms with Gasteiger partial charge in [0.05, 0.1) is 17.9 Å². The molecule has 1 aliphatic heterocycles. The summed E-state index contributed by atoms with van der Waals surface area (Å²) in [7, 11) is 4.00. The number of nitrogen functional groups attached to an aromatic ring is 1. The maximum absolute atomic E-state index is 5.56. The summed E-state index contributed by atoms with van der Waals surface area (Å²) in [4.78, 5) is 11.5. The van der Waals surface area contributed by atoms with Crippen LogP contribution in [0, 0.1) is 0 Å². The van der Waals surface area contributed by atoms with Crippen molar-refractivity contribution in [2.45, 2.75) is 6.04 Å². The van der Waals surface area contributed by atoms with Crippen LogP contribution in [0.25, 0.3) is 11.3 Å². The quantitative estimate of drug-likeness (QED) is 0.643. The summed E-state index contributed by atoms with van der Waals surface area (Å²) in [6.45, 7) is 1.04. The van der Waals surface area contributed by atoms with Crippen LogP contribution in [0.5, 0.6) is 0 Å². The molecule has 1 atom stereocenters. The van der Waals surface area contributed by atoms with E-state index < -0.39 is 0 Å². The average molecular weight is 305 g/mol. The molecule has 1 saturated heterocycles. The number of nitrogens with one attached hydrogen (secondary N) is 1. The number of rotatable bonds is 3. The number of anilines is 1. The molecule has 0 amide bonds. The average Bonchev–Trinajstić information content (AvgIpc) is 2.94. The van der Waals surface area contributed by atoms with Crippen LogP contribution in [0.4, 0.5) is 5.82 Å². The fourth-order valence-corrected chi connectivity index (χ4v) is 3.56. The first kappa shape index (κ1) is 14.3. The molecule has 3 rings (SSSR count). The zero-order valence-corrected chi connectivity index (χ0v) is 13.0. The molecule has 0 saturated carbocycles. The van der Waals surface area contributed by atoms with Crippen LogP contribution in [-0.4, -0.2) is 49.7 Å². The lowest BCUT2D eigenvalue weighted by atomic mass is 10.2. The van der Waals surface area contributed by atoms with E-state index in [1.54, 1.807) is 10.9 Å². The third kappa shape index (κ3) is 3.02. The van der Waals surface area contributed by atoms with E-state index in [9.17, 15) is 0 Å². The number of aryl methyl sites for hydroxylation is 1. The lowest BCUT2D eigenvalue weighted by Crippen LogP contribution is -2.34. The minimum Gasteiger partial charge on any atom is -0.308 e. The van der Waals surface area contributed by atoms with Crippen molar-refractivity contribution in [2.75, 3.05) is 30.5 Å². The monoisotopic (exact) mass is 305 g/mol. The van der Waals surface area contributed by atoms with E-state index in [-0.39, 0.29) is 6.04 Å². The van der Waals surface area contributed by atoms with Crippen LogP contribution in [0.3, 0.4) is 0 Å². The van der Waals surface area contributed by atoms with E-state index in [0.29, 0.717) is 5.82 Å². The molecule has 0 radical (unpaired) electrons. The second-order valence-electron chi connectivity index (χ2n) is 5.11. The normalized spacial score (nSPS) is 19.7. The minimum absolute atomic E-state index is 0.215. The summed E-state index contributed by atoms with van der Waals surface area (Å²) in [5.74, 6) is 9.13. The van der Waals surface area contributed by atoms with Gasteiger partial charge in [-0.1, -0.05) is 0 Å². The van der Waals surface area contributed by atoms with Gasteiger partial charge in [-0.05, 0) is 7.05 Å². The predicted molar refractivity (Wildman–Crippen MR) is 84.7 cm³/mol. The van der Waals surface area contributed by atoms with Gasteiger partial charge in [0.1, 0.15) is 11.6 Å². The molecule has 8 heteroatoms. The molecule has 112 valence electrons. The van der Waals surface area contributed by atoms with Gasteiger partial charge in [-0.25, -0.2) is 15.8 Å². The molecular weight excluding hydrogens is 286 g/mol. The summed E-state index contributed by atoms with van der Waals surface area (Å²) < 4.78 is 1.76. The van der Waals surface area contributed by atoms with E-state index in [4.69, 9.17) is 10.8 Å². The third-order valence-electron chi connectivity index (χ3n) is 3.59. The van der Waals surface area contributed by atoms with Crippen molar-refractivity contribution >= 4 is 17.6 Å². The Morgan fingerprint density at radius 3 is 2.90 bits per heavy atom. The van der Waals surface area contributed by atoms with Crippen LogP contribution < -0.4 is 11.3 Å². The standard InChI is InChI=1S/C13H19N7S/c1-19-3-4-21-8-11(19)13-16-10(5-12(17-13)18-14)9-6-15-20(2)7-9/h5-7,11H,3-4,8,14H2,1-2H3,(H,16,17,18). The van der Waals surface area contributed by atoms with E-state index in [1.165, 1.54) is 0 Å². The molecule has 21 heavy (non-hydrogen) atoms. The summed E-state index contributed by atoms with van der Waals surface area (Å²) in [5.41, 5.74) is 4.43. The van der Waals surface area contributed by atoms with Crippen molar-refractivity contribution in [3.63, 3.8) is 0 Å². The number of aromatic nitrogens is 4. The highest BCUT2D eigenvalue weighted by Gasteiger charge is 2.24. The van der Waals surface area contributed by atoms with Gasteiger partial charge in [0.25, 0.3) is 0 Å². The first-order valence-corrected chi connectivity index (χ1v) is 7.95. The predicted octanol–water partition coefficient (Wildman–Crippen LogP) is 0.882. The van der Waals surface area contributed by atoms with Crippen molar-refractivity contribution in [1.29, 1.82) is 0 Å². The van der Waals surface area contributed by atoms with Gasteiger partial charge in [-0.3, -0.25) is 9.58 Å². The fourth-order valence-electron chi connectivity index (χ4n) is 2.35. The number of thioether (sulfide) groups is 1. The number of hydrazine groups is 1. The lowest BCUT2D eigenvalue weighted by Gasteiger charge is -2.31. The Morgan fingerprint density at radius 2 is 2.24 bits per heavy atom. The Kier molecular flexibility index (Phi) is 4.09.